The summed E-state index contributed by atoms with van der Waals surface area (Å²) in [4.78, 5) is 0. The number of hydrogen-bond donors (Lipinski definition) is 1. The molecule has 1 aliphatic rings. The maximum Gasteiger partial charge on any atom is 0.151 e. The number of aromatic nitrogens is 2. The van der Waals surface area contributed by atoms with Crippen molar-refractivity contribution >= 4 is 28.4 Å². The van der Waals surface area contributed by atoms with Gasteiger partial charge in [0.15, 0.2) is 5.82 Å². The Labute approximate surface area is 158 Å². The molecule has 2 heterocycles. The predicted octanol–water partition coefficient (Wildman–Crippen LogP) is 5.17. The maximum absolute atomic E-state index is 14.3. The van der Waals surface area contributed by atoms with Crippen molar-refractivity contribution in [1.29, 1.82) is 0 Å². The standard InChI is InChI=1S/C19H16F2IN3/c20-13-6-9-17(16(21)11-13)25-19-15(3-1-2-10-23-19)18(24-25)12-4-7-14(22)8-5-12/h4-9,11,23H,1-3,10H2. The zero-order valence-electron chi connectivity index (χ0n) is 13.4. The number of anilines is 1. The lowest BCUT2D eigenvalue weighted by molar-refractivity contribution is 0.574. The number of fused-ring (bicyclic) bond motifs is 1. The normalized spacial score (nSPS) is 13.9. The molecule has 0 fully saturated rings. The van der Waals surface area contributed by atoms with E-state index in [1.54, 1.807) is 4.68 Å². The highest BCUT2D eigenvalue weighted by atomic mass is 127. The van der Waals surface area contributed by atoms with Crippen molar-refractivity contribution in [3.8, 4) is 16.9 Å². The molecule has 0 saturated heterocycles. The monoisotopic (exact) mass is 451 g/mol. The van der Waals surface area contributed by atoms with E-state index in [9.17, 15) is 8.78 Å². The van der Waals surface area contributed by atoms with Gasteiger partial charge in [-0.3, -0.25) is 0 Å². The van der Waals surface area contributed by atoms with Crippen LogP contribution in [0.2, 0.25) is 0 Å². The second-order valence-electron chi connectivity index (χ2n) is 6.07. The second kappa shape index (κ2) is 6.74. The molecule has 0 atom stereocenters. The summed E-state index contributed by atoms with van der Waals surface area (Å²) in [5, 5.41) is 8.06. The first-order chi connectivity index (χ1) is 12.1. The molecular weight excluding hydrogens is 435 g/mol. The van der Waals surface area contributed by atoms with Gasteiger partial charge in [-0.05, 0) is 66.1 Å². The predicted molar refractivity (Wildman–Crippen MR) is 103 cm³/mol. The minimum Gasteiger partial charge on any atom is -0.370 e. The molecule has 6 heteroatoms. The Morgan fingerprint density at radius 3 is 2.60 bits per heavy atom. The van der Waals surface area contributed by atoms with Crippen molar-refractivity contribution in [1.82, 2.24) is 9.78 Å². The van der Waals surface area contributed by atoms with Crippen LogP contribution in [0.3, 0.4) is 0 Å². The van der Waals surface area contributed by atoms with Gasteiger partial charge in [-0.2, -0.15) is 5.10 Å². The van der Waals surface area contributed by atoms with Crippen LogP contribution in [0.25, 0.3) is 16.9 Å². The van der Waals surface area contributed by atoms with Gasteiger partial charge in [-0.1, -0.05) is 12.1 Å². The first kappa shape index (κ1) is 16.5. The van der Waals surface area contributed by atoms with Gasteiger partial charge >= 0.3 is 0 Å². The molecule has 0 bridgehead atoms. The van der Waals surface area contributed by atoms with E-state index in [2.05, 4.69) is 33.0 Å². The fourth-order valence-electron chi connectivity index (χ4n) is 3.17. The third-order valence-corrected chi connectivity index (χ3v) is 5.10. The summed E-state index contributed by atoms with van der Waals surface area (Å²) < 4.78 is 30.4. The molecule has 1 N–H and O–H groups in total. The second-order valence-corrected chi connectivity index (χ2v) is 7.32. The third-order valence-electron chi connectivity index (χ3n) is 4.39. The molecule has 0 spiro atoms. The largest absolute Gasteiger partial charge is 0.370 e. The molecule has 0 saturated carbocycles. The molecule has 0 radical (unpaired) electrons. The van der Waals surface area contributed by atoms with Crippen molar-refractivity contribution in [2.45, 2.75) is 19.3 Å². The van der Waals surface area contributed by atoms with E-state index < -0.39 is 11.6 Å². The van der Waals surface area contributed by atoms with Gasteiger partial charge in [0.1, 0.15) is 17.3 Å². The van der Waals surface area contributed by atoms with Gasteiger partial charge in [0, 0.05) is 27.3 Å². The molecule has 4 rings (SSSR count). The first-order valence-corrected chi connectivity index (χ1v) is 9.28. The Kier molecular flexibility index (Phi) is 4.45. The molecule has 0 unspecified atom stereocenters. The Morgan fingerprint density at radius 1 is 1.04 bits per heavy atom. The summed E-state index contributed by atoms with van der Waals surface area (Å²) in [6.07, 6.45) is 2.98. The highest BCUT2D eigenvalue weighted by Gasteiger charge is 2.23. The van der Waals surface area contributed by atoms with E-state index in [4.69, 9.17) is 0 Å². The zero-order chi connectivity index (χ0) is 17.4. The Bertz CT molecular complexity index is 919. The van der Waals surface area contributed by atoms with Crippen LogP contribution < -0.4 is 5.32 Å². The van der Waals surface area contributed by atoms with Crippen LogP contribution in [-0.2, 0) is 6.42 Å². The van der Waals surface area contributed by atoms with Crippen LogP contribution in [0.1, 0.15) is 18.4 Å². The smallest absolute Gasteiger partial charge is 0.151 e. The van der Waals surface area contributed by atoms with Crippen LogP contribution in [0.4, 0.5) is 14.6 Å². The van der Waals surface area contributed by atoms with Crippen molar-refractivity contribution < 1.29 is 8.78 Å². The lowest BCUT2D eigenvalue weighted by Crippen LogP contribution is -2.08. The maximum atomic E-state index is 14.3. The molecule has 3 aromatic rings. The van der Waals surface area contributed by atoms with Crippen molar-refractivity contribution in [2.75, 3.05) is 11.9 Å². The van der Waals surface area contributed by atoms with Crippen molar-refractivity contribution in [2.24, 2.45) is 0 Å². The average Bonchev–Trinajstić information content (AvgIpc) is 2.78. The lowest BCUT2D eigenvalue weighted by atomic mass is 10.0. The van der Waals surface area contributed by atoms with Gasteiger partial charge in [0.25, 0.3) is 0 Å². The van der Waals surface area contributed by atoms with Crippen LogP contribution in [-0.4, -0.2) is 16.3 Å². The summed E-state index contributed by atoms with van der Waals surface area (Å²) >= 11 is 2.26. The van der Waals surface area contributed by atoms with Gasteiger partial charge in [-0.25, -0.2) is 13.5 Å². The van der Waals surface area contributed by atoms with Gasteiger partial charge < -0.3 is 5.32 Å². The topological polar surface area (TPSA) is 29.9 Å². The number of nitrogens with zero attached hydrogens (tertiary/aromatic N) is 2. The van der Waals surface area contributed by atoms with Gasteiger partial charge in [-0.15, -0.1) is 0 Å². The van der Waals surface area contributed by atoms with E-state index >= 15 is 0 Å². The highest BCUT2D eigenvalue weighted by molar-refractivity contribution is 14.1. The third kappa shape index (κ3) is 3.15. The Hall–Kier alpha value is -1.96. The first-order valence-electron chi connectivity index (χ1n) is 8.20. The fourth-order valence-corrected chi connectivity index (χ4v) is 3.53. The summed E-state index contributed by atoms with van der Waals surface area (Å²) in [5.74, 6) is -0.410. The molecular formula is C19H16F2IN3. The van der Waals surface area contributed by atoms with Crippen LogP contribution in [0.15, 0.2) is 42.5 Å². The van der Waals surface area contributed by atoms with Crippen LogP contribution in [0, 0.1) is 15.2 Å². The quantitative estimate of drug-likeness (QED) is 0.545. The SMILES string of the molecule is Fc1ccc(-n2nc(-c3ccc(I)cc3)c3c2NCCCC3)c(F)c1. The molecule has 128 valence electrons. The minimum absolute atomic E-state index is 0.254. The molecule has 25 heavy (non-hydrogen) atoms. The van der Waals surface area contributed by atoms with Crippen LogP contribution >= 0.6 is 22.6 Å². The molecule has 0 aliphatic carbocycles. The number of halogens is 3. The molecule has 3 nitrogen and oxygen atoms in total. The average molecular weight is 451 g/mol. The minimum atomic E-state index is -0.620. The Morgan fingerprint density at radius 2 is 1.84 bits per heavy atom. The molecule has 2 aromatic carbocycles. The van der Waals surface area contributed by atoms with E-state index in [0.717, 1.165) is 58.1 Å². The molecule has 1 aliphatic heterocycles. The summed E-state index contributed by atoms with van der Waals surface area (Å²) in [7, 11) is 0. The van der Waals surface area contributed by atoms with E-state index in [0.29, 0.717) is 0 Å². The van der Waals surface area contributed by atoms with E-state index in [-0.39, 0.29) is 5.69 Å². The summed E-state index contributed by atoms with van der Waals surface area (Å²) in [5.41, 5.74) is 3.19. The number of hydrogen-bond acceptors (Lipinski definition) is 2. The number of benzene rings is 2. The van der Waals surface area contributed by atoms with Crippen LogP contribution in [0.5, 0.6) is 0 Å². The molecule has 1 aromatic heterocycles. The summed E-state index contributed by atoms with van der Waals surface area (Å²) in [6.45, 7) is 0.813. The molecule has 0 amide bonds. The van der Waals surface area contributed by atoms with E-state index in [1.165, 1.54) is 12.1 Å². The number of rotatable bonds is 2. The van der Waals surface area contributed by atoms with Gasteiger partial charge in [0.05, 0.1) is 5.69 Å². The van der Waals surface area contributed by atoms with E-state index in [1.807, 2.05) is 24.3 Å². The van der Waals surface area contributed by atoms with Crippen molar-refractivity contribution in [3.05, 3.63) is 63.2 Å². The fraction of sp³-hybridized carbons (Fsp3) is 0.211. The lowest BCUT2D eigenvalue weighted by Gasteiger charge is -2.10. The van der Waals surface area contributed by atoms with Crippen molar-refractivity contribution in [3.63, 3.8) is 0 Å². The number of nitrogens with one attached hydrogen (secondary N) is 1. The van der Waals surface area contributed by atoms with Gasteiger partial charge in [0.2, 0.25) is 0 Å². The summed E-state index contributed by atoms with van der Waals surface area (Å²) in [6, 6.07) is 11.7. The highest BCUT2D eigenvalue weighted by Crippen LogP contribution is 2.34. The zero-order valence-corrected chi connectivity index (χ0v) is 15.6. The Balaban J connectivity index is 1.91.